The Kier molecular flexibility index (Phi) is 9.20. The van der Waals surface area contributed by atoms with Crippen LogP contribution >= 0.6 is 0 Å². The maximum absolute atomic E-state index is 5.40. The molecule has 0 radical (unpaired) electrons. The van der Waals surface area contributed by atoms with Gasteiger partial charge in [0.05, 0.1) is 22.4 Å². The van der Waals surface area contributed by atoms with E-state index in [-0.39, 0.29) is 21.7 Å². The largest absolute Gasteiger partial charge is 0.245 e. The first-order chi connectivity index (χ1) is 25.2. The zero-order valence-electron chi connectivity index (χ0n) is 34.4. The van der Waals surface area contributed by atoms with E-state index in [1.165, 1.54) is 44.5 Å². The van der Waals surface area contributed by atoms with Crippen LogP contribution in [0.3, 0.4) is 0 Å². The predicted octanol–water partition coefficient (Wildman–Crippen LogP) is 14.6. The van der Waals surface area contributed by atoms with Gasteiger partial charge in [0.25, 0.3) is 0 Å². The van der Waals surface area contributed by atoms with Crippen molar-refractivity contribution in [1.29, 1.82) is 0 Å². The molecule has 2 aromatic heterocycles. The average molecular weight is 709 g/mol. The third-order valence-electron chi connectivity index (χ3n) is 10.9. The predicted molar refractivity (Wildman–Crippen MR) is 234 cm³/mol. The van der Waals surface area contributed by atoms with Crippen molar-refractivity contribution in [2.24, 2.45) is 0 Å². The quantitative estimate of drug-likeness (QED) is 0.170. The topological polar surface area (TPSA) is 25.8 Å². The maximum atomic E-state index is 5.40. The van der Waals surface area contributed by atoms with Crippen molar-refractivity contribution in [2.75, 3.05) is 0 Å². The van der Waals surface area contributed by atoms with E-state index >= 15 is 0 Å². The lowest BCUT2D eigenvalue weighted by atomic mass is 9.83. The first-order valence-electron chi connectivity index (χ1n) is 19.5. The fourth-order valence-corrected chi connectivity index (χ4v) is 7.16. The highest BCUT2D eigenvalue weighted by molar-refractivity contribution is 6.04. The van der Waals surface area contributed by atoms with Crippen molar-refractivity contribution >= 4 is 21.8 Å². The summed E-state index contributed by atoms with van der Waals surface area (Å²) in [5.74, 6) is 0. The fraction of sp³-hybridized carbons (Fsp3) is 0.308. The molecular formula is C52H56N2. The molecule has 0 amide bonds. The summed E-state index contributed by atoms with van der Waals surface area (Å²) >= 11 is 0. The second-order valence-corrected chi connectivity index (χ2v) is 19.4. The van der Waals surface area contributed by atoms with E-state index in [0.29, 0.717) is 0 Å². The summed E-state index contributed by atoms with van der Waals surface area (Å²) in [4.78, 5) is 10.8. The molecule has 0 N–H and O–H groups in total. The summed E-state index contributed by atoms with van der Waals surface area (Å²) in [6.07, 6.45) is 0. The van der Waals surface area contributed by atoms with Crippen LogP contribution in [0.15, 0.2) is 121 Å². The highest BCUT2D eigenvalue weighted by atomic mass is 14.8. The van der Waals surface area contributed by atoms with E-state index in [4.69, 9.17) is 9.97 Å². The second kappa shape index (κ2) is 13.3. The summed E-state index contributed by atoms with van der Waals surface area (Å²) in [6, 6.07) is 45.1. The van der Waals surface area contributed by atoms with E-state index in [1.54, 1.807) is 0 Å². The SMILES string of the molecule is CC(C)(C)c1ccc(-c2cc(-c3ccc4ccc5ccc(-c6cc(-c7ccc(C(C)(C)C)cc7)cc(C(C)(C)C)c6)nc5c4n3)cc(C(C)(C)C)c2)cc1. The number of benzene rings is 5. The van der Waals surface area contributed by atoms with E-state index in [0.717, 1.165) is 44.3 Å². The molecule has 0 atom stereocenters. The zero-order chi connectivity index (χ0) is 38.8. The minimum atomic E-state index is -0.0226. The molecule has 0 unspecified atom stereocenters. The molecule has 2 heteroatoms. The van der Waals surface area contributed by atoms with E-state index in [1.807, 2.05) is 0 Å². The molecule has 0 aliphatic carbocycles. The lowest BCUT2D eigenvalue weighted by molar-refractivity contribution is 0.589. The Morgan fingerprint density at radius 1 is 0.278 bits per heavy atom. The van der Waals surface area contributed by atoms with Gasteiger partial charge in [-0.1, -0.05) is 168 Å². The van der Waals surface area contributed by atoms with Crippen molar-refractivity contribution in [2.45, 2.75) is 105 Å². The third kappa shape index (κ3) is 7.62. The van der Waals surface area contributed by atoms with E-state index in [9.17, 15) is 0 Å². The number of hydrogen-bond donors (Lipinski definition) is 0. The number of hydrogen-bond acceptors (Lipinski definition) is 2. The van der Waals surface area contributed by atoms with Crippen LogP contribution < -0.4 is 0 Å². The molecule has 7 aromatic rings. The lowest BCUT2D eigenvalue weighted by Gasteiger charge is -2.22. The molecule has 0 bridgehead atoms. The molecule has 2 nitrogen and oxygen atoms in total. The first kappa shape index (κ1) is 37.2. The van der Waals surface area contributed by atoms with Crippen LogP contribution in [0.25, 0.3) is 66.6 Å². The standard InChI is InChI=1S/C52H56N2/c1-49(2,3)41-21-15-33(16-22-41)37-27-39(31-43(29-37)51(7,8)9)45-25-19-35-13-14-36-20-26-46(54-48(36)47(35)53-45)40-28-38(30-44(32-40)52(10,11)12)34-17-23-42(24-18-34)50(4,5)6/h13-32H,1-12H3. The van der Waals surface area contributed by atoms with Gasteiger partial charge in [0, 0.05) is 21.9 Å². The Balaban J connectivity index is 1.36. The van der Waals surface area contributed by atoms with Crippen molar-refractivity contribution in [3.05, 3.63) is 144 Å². The monoisotopic (exact) mass is 708 g/mol. The van der Waals surface area contributed by atoms with Crippen LogP contribution in [-0.2, 0) is 21.7 Å². The Labute approximate surface area is 323 Å². The van der Waals surface area contributed by atoms with Crippen molar-refractivity contribution in [1.82, 2.24) is 9.97 Å². The number of rotatable bonds is 4. The third-order valence-corrected chi connectivity index (χ3v) is 10.9. The molecule has 0 aliphatic heterocycles. The second-order valence-electron chi connectivity index (χ2n) is 19.4. The minimum Gasteiger partial charge on any atom is -0.245 e. The van der Waals surface area contributed by atoms with Gasteiger partial charge in [-0.25, -0.2) is 9.97 Å². The Bertz CT molecular complexity index is 2310. The fourth-order valence-electron chi connectivity index (χ4n) is 7.16. The van der Waals surface area contributed by atoms with Crippen LogP contribution in [0, 0.1) is 0 Å². The number of aromatic nitrogens is 2. The summed E-state index contributed by atoms with van der Waals surface area (Å²) in [7, 11) is 0. The highest BCUT2D eigenvalue weighted by Gasteiger charge is 2.21. The number of nitrogens with zero attached hydrogens (tertiary/aromatic N) is 2. The van der Waals surface area contributed by atoms with Crippen LogP contribution in [0.4, 0.5) is 0 Å². The minimum absolute atomic E-state index is 0.0226. The number of fused-ring (bicyclic) bond motifs is 3. The number of pyridine rings is 2. The van der Waals surface area contributed by atoms with Gasteiger partial charge in [-0.3, -0.25) is 0 Å². The first-order valence-corrected chi connectivity index (χ1v) is 19.5. The van der Waals surface area contributed by atoms with Gasteiger partial charge in [-0.15, -0.1) is 0 Å². The summed E-state index contributed by atoms with van der Waals surface area (Å²) in [5.41, 5.74) is 16.3. The molecule has 0 saturated carbocycles. The molecule has 7 rings (SSSR count). The smallest absolute Gasteiger partial charge is 0.0972 e. The summed E-state index contributed by atoms with van der Waals surface area (Å²) in [6.45, 7) is 27.3. The molecule has 5 aromatic carbocycles. The van der Waals surface area contributed by atoms with Gasteiger partial charge < -0.3 is 0 Å². The van der Waals surface area contributed by atoms with E-state index in [2.05, 4.69) is 204 Å². The molecule has 0 saturated heterocycles. The molecular weight excluding hydrogens is 653 g/mol. The molecule has 2 heterocycles. The van der Waals surface area contributed by atoms with Crippen LogP contribution in [0.2, 0.25) is 0 Å². The van der Waals surface area contributed by atoms with Crippen LogP contribution in [-0.4, -0.2) is 9.97 Å². The molecule has 274 valence electrons. The van der Waals surface area contributed by atoms with Crippen molar-refractivity contribution < 1.29 is 0 Å². The maximum Gasteiger partial charge on any atom is 0.0972 e. The van der Waals surface area contributed by atoms with Gasteiger partial charge in [0.1, 0.15) is 0 Å². The Hall–Kier alpha value is -5.08. The normalized spacial score (nSPS) is 12.8. The lowest BCUT2D eigenvalue weighted by Crippen LogP contribution is -2.12. The molecule has 54 heavy (non-hydrogen) atoms. The molecule has 0 fully saturated rings. The van der Waals surface area contributed by atoms with Crippen molar-refractivity contribution in [3.63, 3.8) is 0 Å². The summed E-state index contributed by atoms with van der Waals surface area (Å²) < 4.78 is 0. The summed E-state index contributed by atoms with van der Waals surface area (Å²) in [5, 5.41) is 2.17. The van der Waals surface area contributed by atoms with Crippen LogP contribution in [0.5, 0.6) is 0 Å². The average Bonchev–Trinajstić information content (AvgIpc) is 3.12. The Morgan fingerprint density at radius 2 is 0.574 bits per heavy atom. The van der Waals surface area contributed by atoms with Gasteiger partial charge in [0.2, 0.25) is 0 Å². The van der Waals surface area contributed by atoms with Gasteiger partial charge in [0.15, 0.2) is 0 Å². The van der Waals surface area contributed by atoms with Gasteiger partial charge >= 0.3 is 0 Å². The molecule has 0 aliphatic rings. The highest BCUT2D eigenvalue weighted by Crippen LogP contribution is 2.37. The van der Waals surface area contributed by atoms with Crippen molar-refractivity contribution in [3.8, 4) is 44.8 Å². The molecule has 0 spiro atoms. The van der Waals surface area contributed by atoms with E-state index < -0.39 is 0 Å². The Morgan fingerprint density at radius 3 is 0.889 bits per heavy atom. The van der Waals surface area contributed by atoms with Gasteiger partial charge in [-0.2, -0.15) is 0 Å². The zero-order valence-corrected chi connectivity index (χ0v) is 34.4. The van der Waals surface area contributed by atoms with Gasteiger partial charge in [-0.05, 0) is 103 Å². The van der Waals surface area contributed by atoms with Crippen LogP contribution in [0.1, 0.15) is 105 Å².